The zero-order chi connectivity index (χ0) is 29.0. The Morgan fingerprint density at radius 1 is 0.553 bits per heavy atom. The summed E-state index contributed by atoms with van der Waals surface area (Å²) in [7, 11) is 1.00. The summed E-state index contributed by atoms with van der Waals surface area (Å²) in [5, 5.41) is 62.3. The first-order valence-electron chi connectivity index (χ1n) is 9.29. The largest absolute Gasteiger partial charge is 0.485 e. The van der Waals surface area contributed by atoms with Crippen LogP contribution in [-0.4, -0.2) is 56.8 Å². The van der Waals surface area contributed by atoms with Gasteiger partial charge < -0.3 is 18.9 Å². The minimum Gasteiger partial charge on any atom is -0.485 e. The van der Waals surface area contributed by atoms with Crippen molar-refractivity contribution < 1.29 is 48.5 Å². The van der Waals surface area contributed by atoms with E-state index in [1.54, 1.807) is 0 Å². The monoisotopic (exact) mass is 546 g/mol. The lowest BCUT2D eigenvalue weighted by atomic mass is 10.2. The number of rotatable bonds is 13. The van der Waals surface area contributed by atoms with Crippen LogP contribution in [-0.2, 0) is 0 Å². The molecular weight excluding hydrogens is 532 g/mol. The van der Waals surface area contributed by atoms with Gasteiger partial charge in [0.1, 0.15) is 17.2 Å². The van der Waals surface area contributed by atoms with Crippen molar-refractivity contribution in [3.63, 3.8) is 0 Å². The van der Waals surface area contributed by atoms with Crippen LogP contribution in [0.3, 0.4) is 0 Å². The molecule has 0 saturated carbocycles. The highest BCUT2D eigenvalue weighted by molar-refractivity contribution is 5.65. The van der Waals surface area contributed by atoms with E-state index >= 15 is 0 Å². The van der Waals surface area contributed by atoms with Crippen LogP contribution in [0.25, 0.3) is 0 Å². The van der Waals surface area contributed by atoms with Gasteiger partial charge in [-0.2, -0.15) is 0 Å². The standard InChI is InChI=1S/C9H9N3O9.C7H5N3O7/c13-10(14)4-19-7-1-8(20-5-11(15)16)3-9(2-7)21-6-12(17)18;1-17-7-5(9(13)14)2-4(8(11)12)3-6(7)10(15)16/h1-3H,4-6H2;2-3H,1H3. The average molecular weight is 546 g/mol. The van der Waals surface area contributed by atoms with Gasteiger partial charge in [-0.15, -0.1) is 0 Å². The zero-order valence-electron chi connectivity index (χ0n) is 18.7. The van der Waals surface area contributed by atoms with E-state index in [4.69, 9.17) is 14.2 Å². The smallest absolute Gasteiger partial charge is 0.344 e. The summed E-state index contributed by atoms with van der Waals surface area (Å²) in [5.41, 5.74) is -2.40. The van der Waals surface area contributed by atoms with E-state index in [9.17, 15) is 60.7 Å². The first-order chi connectivity index (χ1) is 17.7. The molecule has 204 valence electrons. The van der Waals surface area contributed by atoms with Crippen LogP contribution >= 0.6 is 0 Å². The second-order valence-electron chi connectivity index (χ2n) is 6.25. The molecule has 0 atom stereocenters. The van der Waals surface area contributed by atoms with E-state index in [0.717, 1.165) is 25.3 Å². The van der Waals surface area contributed by atoms with Crippen molar-refractivity contribution >= 4 is 17.1 Å². The first kappa shape index (κ1) is 30.1. The quantitative estimate of drug-likeness (QED) is 0.197. The maximum atomic E-state index is 10.6. The van der Waals surface area contributed by atoms with Crippen molar-refractivity contribution in [1.29, 1.82) is 0 Å². The Morgan fingerprint density at radius 2 is 0.868 bits per heavy atom. The van der Waals surface area contributed by atoms with E-state index < -0.39 is 72.5 Å². The van der Waals surface area contributed by atoms with Crippen molar-refractivity contribution in [2.24, 2.45) is 0 Å². The number of non-ortho nitro benzene ring substituents is 1. The molecule has 0 aliphatic rings. The summed E-state index contributed by atoms with van der Waals surface area (Å²) in [5.74, 6) is -0.853. The minimum absolute atomic E-state index is 0.0779. The third kappa shape index (κ3) is 9.72. The highest BCUT2D eigenvalue weighted by Crippen LogP contribution is 2.39. The Balaban J connectivity index is 0.000000389. The van der Waals surface area contributed by atoms with Crippen LogP contribution in [0.2, 0.25) is 0 Å². The number of benzene rings is 2. The highest BCUT2D eigenvalue weighted by atomic mass is 16.7. The fraction of sp³-hybridized carbons (Fsp3) is 0.250. The van der Waals surface area contributed by atoms with Gasteiger partial charge in [0.2, 0.25) is 0 Å². The topological polar surface area (TPSA) is 296 Å². The third-order valence-corrected chi connectivity index (χ3v) is 3.71. The van der Waals surface area contributed by atoms with Crippen molar-refractivity contribution in [3.05, 3.63) is 91.0 Å². The van der Waals surface area contributed by atoms with Crippen LogP contribution in [0, 0.1) is 60.7 Å². The van der Waals surface area contributed by atoms with Gasteiger partial charge in [0, 0.05) is 18.2 Å². The number of nitro benzene ring substituents is 3. The molecule has 0 spiro atoms. The average Bonchev–Trinajstić information content (AvgIpc) is 2.84. The van der Waals surface area contributed by atoms with Gasteiger partial charge in [-0.05, 0) is 0 Å². The van der Waals surface area contributed by atoms with Gasteiger partial charge in [0.15, 0.2) is 0 Å². The van der Waals surface area contributed by atoms with Crippen LogP contribution in [0.15, 0.2) is 30.3 Å². The molecule has 0 unspecified atom stereocenters. The van der Waals surface area contributed by atoms with E-state index in [1.165, 1.54) is 0 Å². The van der Waals surface area contributed by atoms with Gasteiger partial charge in [-0.25, -0.2) is 0 Å². The van der Waals surface area contributed by atoms with Crippen molar-refractivity contribution in [2.75, 3.05) is 27.3 Å². The second-order valence-corrected chi connectivity index (χ2v) is 6.25. The highest BCUT2D eigenvalue weighted by Gasteiger charge is 2.31. The van der Waals surface area contributed by atoms with Crippen LogP contribution in [0.4, 0.5) is 17.1 Å². The van der Waals surface area contributed by atoms with Gasteiger partial charge in [-0.3, -0.25) is 60.7 Å². The summed E-state index contributed by atoms with van der Waals surface area (Å²) >= 11 is 0. The second kappa shape index (κ2) is 13.8. The van der Waals surface area contributed by atoms with E-state index in [1.807, 2.05) is 0 Å². The lowest BCUT2D eigenvalue weighted by Crippen LogP contribution is -2.11. The summed E-state index contributed by atoms with van der Waals surface area (Å²) in [6.45, 7) is -2.56. The molecule has 2 rings (SSSR count). The molecule has 0 aliphatic carbocycles. The Hall–Kier alpha value is -5.96. The Morgan fingerprint density at radius 3 is 1.08 bits per heavy atom. The lowest BCUT2D eigenvalue weighted by Gasteiger charge is -2.08. The van der Waals surface area contributed by atoms with Gasteiger partial charge in [-0.1, -0.05) is 0 Å². The Kier molecular flexibility index (Phi) is 10.9. The Labute approximate surface area is 207 Å². The molecule has 0 radical (unpaired) electrons. The van der Waals surface area contributed by atoms with Gasteiger partial charge in [0.25, 0.3) is 11.4 Å². The third-order valence-electron chi connectivity index (χ3n) is 3.71. The summed E-state index contributed by atoms with van der Waals surface area (Å²) in [6, 6.07) is 4.68. The molecule has 0 heterocycles. The molecule has 0 bridgehead atoms. The fourth-order valence-electron chi connectivity index (χ4n) is 2.35. The number of hydrogen-bond acceptors (Lipinski definition) is 16. The first-order valence-corrected chi connectivity index (χ1v) is 9.29. The molecule has 38 heavy (non-hydrogen) atoms. The van der Waals surface area contributed by atoms with Crippen molar-refractivity contribution in [3.8, 4) is 23.0 Å². The van der Waals surface area contributed by atoms with Gasteiger partial charge in [0.05, 0.1) is 48.8 Å². The molecule has 22 heteroatoms. The molecule has 22 nitrogen and oxygen atoms in total. The number of nitro groups is 6. The normalized spacial score (nSPS) is 9.71. The number of nitrogens with zero attached hydrogens (tertiary/aromatic N) is 6. The predicted octanol–water partition coefficient (Wildman–Crippen LogP) is 1.95. The predicted molar refractivity (Wildman–Crippen MR) is 117 cm³/mol. The van der Waals surface area contributed by atoms with E-state index in [-0.39, 0.29) is 17.2 Å². The van der Waals surface area contributed by atoms with Crippen molar-refractivity contribution in [2.45, 2.75) is 0 Å². The van der Waals surface area contributed by atoms with Gasteiger partial charge >= 0.3 is 31.6 Å². The number of ether oxygens (including phenoxy) is 4. The lowest BCUT2D eigenvalue weighted by molar-refractivity contribution is -0.515. The Bertz CT molecular complexity index is 1130. The SMILES string of the molecule is COc1c([N+](=O)[O-])cc([N+](=O)[O-])cc1[N+](=O)[O-].O=[N+]([O-])COc1cc(OC[N+](=O)[O-])cc(OC[N+](=O)[O-])c1. The zero-order valence-corrected chi connectivity index (χ0v) is 18.7. The van der Waals surface area contributed by atoms with E-state index in [0.29, 0.717) is 12.1 Å². The molecule has 0 aliphatic heterocycles. The molecule has 2 aromatic rings. The molecule has 0 amide bonds. The molecule has 0 aromatic heterocycles. The van der Waals surface area contributed by atoms with Crippen LogP contribution in [0.5, 0.6) is 23.0 Å². The molecule has 0 N–H and O–H groups in total. The van der Waals surface area contributed by atoms with Crippen LogP contribution in [0.1, 0.15) is 0 Å². The molecular formula is C16H14N6O16. The number of methoxy groups -OCH3 is 1. The molecule has 0 saturated heterocycles. The van der Waals surface area contributed by atoms with Crippen LogP contribution < -0.4 is 18.9 Å². The maximum absolute atomic E-state index is 10.6. The summed E-state index contributed by atoms with van der Waals surface area (Å²) in [6.07, 6.45) is 0. The molecule has 2 aromatic carbocycles. The van der Waals surface area contributed by atoms with Crippen molar-refractivity contribution in [1.82, 2.24) is 0 Å². The summed E-state index contributed by atoms with van der Waals surface area (Å²) < 4.78 is 18.8. The fourth-order valence-corrected chi connectivity index (χ4v) is 2.35. The van der Waals surface area contributed by atoms with E-state index in [2.05, 4.69) is 4.74 Å². The summed E-state index contributed by atoms with van der Waals surface area (Å²) in [4.78, 5) is 57.1. The number of hydrogen-bond donors (Lipinski definition) is 0. The molecule has 0 fully saturated rings. The minimum atomic E-state index is -0.987. The maximum Gasteiger partial charge on any atom is 0.344 e.